The smallest absolute Gasteiger partial charge is 0.158 e. The topological polar surface area (TPSA) is 36.9 Å². The molecule has 1 aliphatic heterocycles. The van der Waals surface area contributed by atoms with Crippen LogP contribution in [0.5, 0.6) is 0 Å². The Morgan fingerprint density at radius 2 is 2.22 bits per heavy atom. The van der Waals surface area contributed by atoms with Gasteiger partial charge in [-0.1, -0.05) is 6.92 Å². The molecule has 0 aromatic rings. The van der Waals surface area contributed by atoms with Crippen molar-refractivity contribution in [1.29, 1.82) is 0 Å². The summed E-state index contributed by atoms with van der Waals surface area (Å²) < 4.78 is 22.1. The van der Waals surface area contributed by atoms with E-state index in [1.54, 1.807) is 13.0 Å². The summed E-state index contributed by atoms with van der Waals surface area (Å²) in [6, 6.07) is 0. The second-order valence-electron chi connectivity index (χ2n) is 5.25. The molecular weight excluding hydrogens is 232 g/mol. The van der Waals surface area contributed by atoms with Gasteiger partial charge in [0.05, 0.1) is 12.7 Å². The molecule has 0 aromatic heterocycles. The maximum absolute atomic E-state index is 6.06. The molecule has 0 aromatic carbocycles. The van der Waals surface area contributed by atoms with Crippen molar-refractivity contribution in [1.82, 2.24) is 0 Å². The average Bonchev–Trinajstić information content (AvgIpc) is 2.78. The molecule has 4 nitrogen and oxygen atoms in total. The molecule has 1 unspecified atom stereocenters. The van der Waals surface area contributed by atoms with Gasteiger partial charge in [0.15, 0.2) is 6.29 Å². The SMILES string of the molecule is CCOC1C[C@@H]2[C](C)CC[C@H](COCOC)[C@@H]2O1. The molecule has 1 heterocycles. The number of hydrogen-bond acceptors (Lipinski definition) is 4. The van der Waals surface area contributed by atoms with Crippen LogP contribution in [0, 0.1) is 17.8 Å². The Morgan fingerprint density at radius 1 is 1.39 bits per heavy atom. The third kappa shape index (κ3) is 3.23. The van der Waals surface area contributed by atoms with Crippen LogP contribution >= 0.6 is 0 Å². The van der Waals surface area contributed by atoms with Crippen LogP contribution in [0.2, 0.25) is 0 Å². The fraction of sp³-hybridized carbons (Fsp3) is 0.929. The Morgan fingerprint density at radius 3 is 2.94 bits per heavy atom. The zero-order valence-corrected chi connectivity index (χ0v) is 11.7. The lowest BCUT2D eigenvalue weighted by atomic mass is 9.73. The summed E-state index contributed by atoms with van der Waals surface area (Å²) in [6.07, 6.45) is 3.58. The van der Waals surface area contributed by atoms with Gasteiger partial charge in [0, 0.05) is 26.1 Å². The molecule has 0 bridgehead atoms. The molecule has 2 aliphatic rings. The predicted octanol–water partition coefficient (Wildman–Crippen LogP) is 2.38. The molecule has 0 N–H and O–H groups in total. The van der Waals surface area contributed by atoms with Crippen molar-refractivity contribution < 1.29 is 18.9 Å². The fourth-order valence-corrected chi connectivity index (χ4v) is 3.11. The lowest BCUT2D eigenvalue weighted by Crippen LogP contribution is -2.37. The average molecular weight is 257 g/mol. The second-order valence-corrected chi connectivity index (χ2v) is 5.25. The summed E-state index contributed by atoms with van der Waals surface area (Å²) in [5.74, 6) is 2.58. The van der Waals surface area contributed by atoms with E-state index in [2.05, 4.69) is 6.92 Å². The number of rotatable bonds is 6. The Labute approximate surface area is 110 Å². The molecule has 4 heteroatoms. The molecule has 1 saturated heterocycles. The van der Waals surface area contributed by atoms with Crippen molar-refractivity contribution in [2.45, 2.75) is 45.5 Å². The van der Waals surface area contributed by atoms with Crippen molar-refractivity contribution in [2.24, 2.45) is 11.8 Å². The van der Waals surface area contributed by atoms with Crippen LogP contribution in [0.3, 0.4) is 0 Å². The van der Waals surface area contributed by atoms with Crippen LogP contribution in [-0.2, 0) is 18.9 Å². The first-order valence-corrected chi connectivity index (χ1v) is 6.92. The van der Waals surface area contributed by atoms with E-state index in [9.17, 15) is 0 Å². The number of hydrogen-bond donors (Lipinski definition) is 0. The lowest BCUT2D eigenvalue weighted by molar-refractivity contribution is -0.154. The number of ether oxygens (including phenoxy) is 4. The monoisotopic (exact) mass is 257 g/mol. The summed E-state index contributed by atoms with van der Waals surface area (Å²) in [7, 11) is 1.65. The van der Waals surface area contributed by atoms with E-state index in [-0.39, 0.29) is 12.4 Å². The maximum atomic E-state index is 6.06. The third-order valence-electron chi connectivity index (χ3n) is 4.04. The predicted molar refractivity (Wildman–Crippen MR) is 67.9 cm³/mol. The van der Waals surface area contributed by atoms with Crippen molar-refractivity contribution in [3.05, 3.63) is 5.92 Å². The van der Waals surface area contributed by atoms with Gasteiger partial charge in [0.2, 0.25) is 0 Å². The first-order chi connectivity index (χ1) is 8.76. The van der Waals surface area contributed by atoms with Crippen molar-refractivity contribution in [3.63, 3.8) is 0 Å². The zero-order valence-electron chi connectivity index (χ0n) is 11.7. The molecule has 1 aliphatic carbocycles. The minimum Gasteiger partial charge on any atom is -0.359 e. The summed E-state index contributed by atoms with van der Waals surface area (Å²) >= 11 is 0. The Hall–Kier alpha value is -0.160. The van der Waals surface area contributed by atoms with Crippen molar-refractivity contribution in [3.8, 4) is 0 Å². The van der Waals surface area contributed by atoms with E-state index in [1.807, 2.05) is 6.92 Å². The van der Waals surface area contributed by atoms with Crippen LogP contribution in [0.15, 0.2) is 0 Å². The molecule has 1 radical (unpaired) electrons. The summed E-state index contributed by atoms with van der Waals surface area (Å²) in [5, 5.41) is 0. The van der Waals surface area contributed by atoms with E-state index in [0.717, 1.165) is 19.4 Å². The van der Waals surface area contributed by atoms with Gasteiger partial charge in [-0.2, -0.15) is 0 Å². The molecule has 0 amide bonds. The second kappa shape index (κ2) is 6.85. The molecule has 1 saturated carbocycles. The van der Waals surface area contributed by atoms with Crippen LogP contribution in [0.25, 0.3) is 0 Å². The van der Waals surface area contributed by atoms with E-state index < -0.39 is 0 Å². The minimum atomic E-state index is -0.0250. The van der Waals surface area contributed by atoms with Gasteiger partial charge < -0.3 is 18.9 Å². The molecular formula is C14H25O4. The van der Waals surface area contributed by atoms with Gasteiger partial charge in [-0.25, -0.2) is 0 Å². The van der Waals surface area contributed by atoms with Gasteiger partial charge in [-0.15, -0.1) is 0 Å². The van der Waals surface area contributed by atoms with Gasteiger partial charge in [0.25, 0.3) is 0 Å². The van der Waals surface area contributed by atoms with E-state index in [1.165, 1.54) is 6.42 Å². The van der Waals surface area contributed by atoms with Gasteiger partial charge in [-0.3, -0.25) is 0 Å². The van der Waals surface area contributed by atoms with Crippen LogP contribution < -0.4 is 0 Å². The first-order valence-electron chi connectivity index (χ1n) is 6.92. The third-order valence-corrected chi connectivity index (χ3v) is 4.04. The minimum absolute atomic E-state index is 0.0250. The highest BCUT2D eigenvalue weighted by Crippen LogP contribution is 2.45. The Balaban J connectivity index is 1.89. The summed E-state index contributed by atoms with van der Waals surface area (Å²) in [6.45, 7) is 6.07. The highest BCUT2D eigenvalue weighted by atomic mass is 16.7. The standard InChI is InChI=1S/C14H25O4/c1-4-17-13-7-12-10(2)5-6-11(14(12)18-13)8-16-9-15-3/h11-14H,4-9H2,1-3H3/t11-,12-,13?,14+/m1/s1. The van der Waals surface area contributed by atoms with Crippen LogP contribution in [0.1, 0.15) is 33.1 Å². The van der Waals surface area contributed by atoms with Crippen molar-refractivity contribution in [2.75, 3.05) is 27.1 Å². The van der Waals surface area contributed by atoms with Crippen molar-refractivity contribution >= 4 is 0 Å². The van der Waals surface area contributed by atoms with E-state index in [0.29, 0.717) is 25.2 Å². The molecule has 18 heavy (non-hydrogen) atoms. The quantitative estimate of drug-likeness (QED) is 0.541. The Kier molecular flexibility index (Phi) is 5.42. The first kappa shape index (κ1) is 14.3. The van der Waals surface area contributed by atoms with Gasteiger partial charge in [-0.05, 0) is 31.6 Å². The van der Waals surface area contributed by atoms with Gasteiger partial charge in [0.1, 0.15) is 6.79 Å². The molecule has 2 fully saturated rings. The largest absolute Gasteiger partial charge is 0.359 e. The highest BCUT2D eigenvalue weighted by Gasteiger charge is 2.45. The van der Waals surface area contributed by atoms with Crippen LogP contribution in [0.4, 0.5) is 0 Å². The van der Waals surface area contributed by atoms with Crippen LogP contribution in [-0.4, -0.2) is 39.5 Å². The van der Waals surface area contributed by atoms with E-state index in [4.69, 9.17) is 18.9 Å². The lowest BCUT2D eigenvalue weighted by Gasteiger charge is -2.36. The number of fused-ring (bicyclic) bond motifs is 1. The summed E-state index contributed by atoms with van der Waals surface area (Å²) in [4.78, 5) is 0. The normalized spacial score (nSPS) is 36.8. The molecule has 4 atom stereocenters. The highest BCUT2D eigenvalue weighted by molar-refractivity contribution is 5.05. The molecule has 0 spiro atoms. The summed E-state index contributed by atoms with van der Waals surface area (Å²) in [5.41, 5.74) is 0. The van der Waals surface area contributed by atoms with E-state index >= 15 is 0 Å². The Bertz CT molecular complexity index is 246. The fourth-order valence-electron chi connectivity index (χ4n) is 3.11. The molecule has 2 rings (SSSR count). The zero-order chi connectivity index (χ0) is 13.0. The molecule has 105 valence electrons. The number of methoxy groups -OCH3 is 1. The van der Waals surface area contributed by atoms with Gasteiger partial charge >= 0.3 is 0 Å². The maximum Gasteiger partial charge on any atom is 0.158 e.